The van der Waals surface area contributed by atoms with Crippen LogP contribution in [-0.4, -0.2) is 48.9 Å². The number of fused-ring (bicyclic) bond motifs is 3. The Hall–Kier alpha value is -2.53. The first-order chi connectivity index (χ1) is 19.6. The molecule has 0 spiro atoms. The van der Waals surface area contributed by atoms with Crippen molar-refractivity contribution in [2.45, 2.75) is 84.7 Å². The maximum absolute atomic E-state index is 13.4. The molecule has 0 unspecified atom stereocenters. The van der Waals surface area contributed by atoms with Crippen molar-refractivity contribution in [3.05, 3.63) is 71.0 Å². The molecule has 0 heterocycles. The monoisotopic (exact) mass is 618 g/mol. The molecule has 0 bridgehead atoms. The zero-order chi connectivity index (χ0) is 32.4. The van der Waals surface area contributed by atoms with E-state index >= 15 is 0 Å². The topological polar surface area (TPSA) is 26.3 Å². The number of benzene rings is 2. The smallest absolute Gasteiger partial charge is 0.133 e. The summed E-state index contributed by atoms with van der Waals surface area (Å²) in [6, 6.07) is 13.4. The lowest BCUT2D eigenvalue weighted by molar-refractivity contribution is -0.121. The molecule has 0 radical (unpaired) electrons. The van der Waals surface area contributed by atoms with E-state index in [9.17, 15) is 4.79 Å². The van der Waals surface area contributed by atoms with Crippen LogP contribution < -0.4 is 0 Å². The second kappa shape index (κ2) is 12.8. The zero-order valence-electron chi connectivity index (χ0n) is 28.8. The molecule has 1 aliphatic carbocycles. The van der Waals surface area contributed by atoms with Crippen LogP contribution in [0, 0.1) is 27.8 Å². The van der Waals surface area contributed by atoms with Crippen molar-refractivity contribution in [1.29, 1.82) is 0 Å². The SMILES string of the molecule is C=C(CCC1(CCC(=O)CC(C)(C)C)c2cc(C#CS(C)(C)C)ccc2-c2ccc(C#CS(C)(C)C)cc21)OC(C)(C)C. The van der Waals surface area contributed by atoms with E-state index in [1.54, 1.807) is 0 Å². The summed E-state index contributed by atoms with van der Waals surface area (Å²) < 4.78 is 6.21. The molecule has 2 aromatic carbocycles. The van der Waals surface area contributed by atoms with Crippen molar-refractivity contribution in [3.63, 3.8) is 0 Å². The largest absolute Gasteiger partial charge is 0.493 e. The van der Waals surface area contributed by atoms with E-state index < -0.39 is 20.1 Å². The number of carbonyl (C=O) groups excluding carboxylic acids is 1. The fraction of sp³-hybridized carbons (Fsp3) is 0.513. The van der Waals surface area contributed by atoms with Gasteiger partial charge in [-0.3, -0.25) is 4.79 Å². The van der Waals surface area contributed by atoms with Gasteiger partial charge in [0, 0.05) is 35.8 Å². The Labute approximate surface area is 266 Å². The summed E-state index contributed by atoms with van der Waals surface area (Å²) >= 11 is 0. The minimum absolute atomic E-state index is 0.0410. The third-order valence-electron chi connectivity index (χ3n) is 7.20. The van der Waals surface area contributed by atoms with Gasteiger partial charge in [-0.2, -0.15) is 20.1 Å². The van der Waals surface area contributed by atoms with Gasteiger partial charge in [0.25, 0.3) is 0 Å². The molecule has 0 N–H and O–H groups in total. The highest BCUT2D eigenvalue weighted by Gasteiger charge is 2.43. The third kappa shape index (κ3) is 10.3. The maximum Gasteiger partial charge on any atom is 0.133 e. The molecule has 0 atom stereocenters. The van der Waals surface area contributed by atoms with Crippen molar-refractivity contribution >= 4 is 25.8 Å². The maximum atomic E-state index is 13.4. The zero-order valence-corrected chi connectivity index (χ0v) is 30.5. The van der Waals surface area contributed by atoms with Gasteiger partial charge in [-0.1, -0.05) is 51.3 Å². The average Bonchev–Trinajstić information content (AvgIpc) is 3.09. The second-order valence-electron chi connectivity index (χ2n) is 15.8. The molecule has 234 valence electrons. The van der Waals surface area contributed by atoms with Gasteiger partial charge in [0.2, 0.25) is 0 Å². The predicted octanol–water partition coefficient (Wildman–Crippen LogP) is 9.85. The second-order valence-corrected chi connectivity index (χ2v) is 23.5. The van der Waals surface area contributed by atoms with E-state index in [1.165, 1.54) is 22.3 Å². The number of allylic oxidation sites excluding steroid dienone is 1. The Bertz CT molecular complexity index is 1380. The van der Waals surface area contributed by atoms with Gasteiger partial charge in [0.15, 0.2) is 0 Å². The number of ether oxygens (including phenoxy) is 1. The first kappa shape index (κ1) is 35.0. The molecule has 0 aliphatic heterocycles. The van der Waals surface area contributed by atoms with Crippen molar-refractivity contribution < 1.29 is 9.53 Å². The molecule has 3 rings (SSSR count). The molecular formula is C39H54O2S2. The summed E-state index contributed by atoms with van der Waals surface area (Å²) in [4.78, 5) is 13.4. The predicted molar refractivity (Wildman–Crippen MR) is 195 cm³/mol. The van der Waals surface area contributed by atoms with E-state index in [4.69, 9.17) is 4.74 Å². The minimum atomic E-state index is -0.968. The number of hydrogen-bond acceptors (Lipinski definition) is 2. The molecular weight excluding hydrogens is 565 g/mol. The summed E-state index contributed by atoms with van der Waals surface area (Å²) in [5.41, 5.74) is 6.32. The Morgan fingerprint density at radius 3 is 1.60 bits per heavy atom. The number of ketones is 1. The molecule has 0 amide bonds. The number of Topliss-reactive ketones (excluding diaryl/α,β-unsaturated/α-hetero) is 1. The summed E-state index contributed by atoms with van der Waals surface area (Å²) in [6.07, 6.45) is 16.6. The van der Waals surface area contributed by atoms with E-state index in [0.717, 1.165) is 29.7 Å². The lowest BCUT2D eigenvalue weighted by Crippen LogP contribution is -2.28. The van der Waals surface area contributed by atoms with Crippen LogP contribution in [0.2, 0.25) is 0 Å². The first-order valence-electron chi connectivity index (χ1n) is 15.2. The fourth-order valence-corrected chi connectivity index (χ4v) is 6.46. The Morgan fingerprint density at radius 1 is 0.767 bits per heavy atom. The van der Waals surface area contributed by atoms with Gasteiger partial charge in [-0.15, -0.1) is 0 Å². The van der Waals surface area contributed by atoms with Gasteiger partial charge in [-0.05, 0) is 134 Å². The standard InChI is InChI=1S/C39H54O2S2/c1-29(41-38(5,6)7)18-22-39(23-19-32(40)28-37(2,3)4)35-26-30(20-24-42(8,9)10)14-16-33(35)34-17-15-31(27-36(34)39)21-25-43(11,12)13/h14-17,26-27H,1,18-19,22-23,28H2,2-13H3. The van der Waals surface area contributed by atoms with Gasteiger partial charge in [0.05, 0.1) is 5.76 Å². The molecule has 2 aromatic rings. The van der Waals surface area contributed by atoms with Crippen LogP contribution in [0.15, 0.2) is 48.7 Å². The first-order valence-corrected chi connectivity index (χ1v) is 20.9. The van der Waals surface area contributed by atoms with E-state index in [1.807, 2.05) is 0 Å². The molecule has 4 heteroatoms. The van der Waals surface area contributed by atoms with Crippen LogP contribution in [0.1, 0.15) is 95.9 Å². The Morgan fingerprint density at radius 2 is 1.21 bits per heavy atom. The van der Waals surface area contributed by atoms with Crippen LogP contribution in [0.4, 0.5) is 0 Å². The van der Waals surface area contributed by atoms with Crippen LogP contribution >= 0.6 is 20.1 Å². The lowest BCUT2D eigenvalue weighted by atomic mass is 9.70. The molecule has 1 aliphatic rings. The van der Waals surface area contributed by atoms with Crippen molar-refractivity contribution in [1.82, 2.24) is 0 Å². The van der Waals surface area contributed by atoms with Crippen LogP contribution in [-0.2, 0) is 14.9 Å². The quantitative estimate of drug-likeness (QED) is 0.217. The molecule has 0 saturated heterocycles. The van der Waals surface area contributed by atoms with Gasteiger partial charge in [-0.25, -0.2) is 0 Å². The average molecular weight is 619 g/mol. The number of carbonyl (C=O) groups is 1. The summed E-state index contributed by atoms with van der Waals surface area (Å²) in [5.74, 6) is 8.05. The molecule has 2 nitrogen and oxygen atoms in total. The Balaban J connectivity index is 2.23. The van der Waals surface area contributed by atoms with E-state index in [-0.39, 0.29) is 16.4 Å². The fourth-order valence-electron chi connectivity index (χ4n) is 5.61. The third-order valence-corrected chi connectivity index (χ3v) is 8.63. The van der Waals surface area contributed by atoms with Crippen molar-refractivity contribution in [3.8, 4) is 33.5 Å². The highest BCUT2D eigenvalue weighted by molar-refractivity contribution is 8.36. The van der Waals surface area contributed by atoms with Gasteiger partial charge < -0.3 is 4.74 Å². The van der Waals surface area contributed by atoms with Crippen LogP contribution in [0.3, 0.4) is 0 Å². The Kier molecular flexibility index (Phi) is 10.4. The van der Waals surface area contributed by atoms with E-state index in [2.05, 4.69) is 144 Å². The minimum Gasteiger partial charge on any atom is -0.493 e. The summed E-state index contributed by atoms with van der Waals surface area (Å²) in [6.45, 7) is 16.9. The highest BCUT2D eigenvalue weighted by atomic mass is 32.3. The number of rotatable bonds is 8. The van der Waals surface area contributed by atoms with Crippen LogP contribution in [0.25, 0.3) is 11.1 Å². The normalized spacial score (nSPS) is 14.8. The van der Waals surface area contributed by atoms with Crippen molar-refractivity contribution in [2.75, 3.05) is 37.5 Å². The molecule has 0 fully saturated rings. The summed E-state index contributed by atoms with van der Waals surface area (Å²) in [5, 5.41) is 7.00. The molecule has 0 aromatic heterocycles. The van der Waals surface area contributed by atoms with Gasteiger partial charge in [0.1, 0.15) is 11.4 Å². The summed E-state index contributed by atoms with van der Waals surface area (Å²) in [7, 11) is -1.94. The van der Waals surface area contributed by atoms with Crippen LogP contribution in [0.5, 0.6) is 0 Å². The van der Waals surface area contributed by atoms with Gasteiger partial charge >= 0.3 is 0 Å². The molecule has 0 saturated carbocycles. The number of hydrogen-bond donors (Lipinski definition) is 0. The molecule has 43 heavy (non-hydrogen) atoms. The lowest BCUT2D eigenvalue weighted by Gasteiger charge is -2.34. The highest BCUT2D eigenvalue weighted by Crippen LogP contribution is 2.55. The van der Waals surface area contributed by atoms with Crippen molar-refractivity contribution in [2.24, 2.45) is 5.41 Å². The van der Waals surface area contributed by atoms with E-state index in [0.29, 0.717) is 25.0 Å².